The molecule has 0 heterocycles. The lowest BCUT2D eigenvalue weighted by atomic mass is 10.2. The number of methoxy groups -OCH3 is 1. The first-order valence-electron chi connectivity index (χ1n) is 4.45. The van der Waals surface area contributed by atoms with Crippen molar-refractivity contribution < 1.29 is 19.1 Å². The van der Waals surface area contributed by atoms with Gasteiger partial charge in [-0.2, -0.15) is 0 Å². The van der Waals surface area contributed by atoms with Crippen LogP contribution in [0.15, 0.2) is 0 Å². The average molecular weight is 282 g/mol. The van der Waals surface area contributed by atoms with Crippen molar-refractivity contribution >= 4 is 28.0 Å². The van der Waals surface area contributed by atoms with Gasteiger partial charge in [0.25, 0.3) is 0 Å². The van der Waals surface area contributed by atoms with Gasteiger partial charge in [0.2, 0.25) is 0 Å². The number of alkyl carbamates (subject to hydrolysis) is 1. The van der Waals surface area contributed by atoms with E-state index in [0.29, 0.717) is 0 Å². The molecule has 0 aromatic heterocycles. The number of nitrogens with one attached hydrogen (secondary N) is 1. The van der Waals surface area contributed by atoms with Crippen LogP contribution in [0.5, 0.6) is 0 Å². The molecule has 6 heteroatoms. The van der Waals surface area contributed by atoms with E-state index < -0.39 is 22.5 Å². The minimum Gasteiger partial charge on any atom is -0.468 e. The zero-order valence-corrected chi connectivity index (χ0v) is 10.9. The summed E-state index contributed by atoms with van der Waals surface area (Å²) in [5.74, 6) is -0.439. The molecule has 0 aliphatic heterocycles. The lowest BCUT2D eigenvalue weighted by Crippen LogP contribution is -2.37. The third kappa shape index (κ3) is 7.18. The molecule has 0 saturated carbocycles. The van der Waals surface area contributed by atoms with Gasteiger partial charge in [0.15, 0.2) is 0 Å². The molecule has 0 fully saturated rings. The number of carbonyl (C=O) groups is 2. The van der Waals surface area contributed by atoms with E-state index in [9.17, 15) is 9.59 Å². The second kappa shape index (κ2) is 5.95. The number of carbonyl (C=O) groups excluding carboxylic acids is 2. The third-order valence-electron chi connectivity index (χ3n) is 1.28. The number of hydrogen-bond acceptors (Lipinski definition) is 4. The van der Waals surface area contributed by atoms with E-state index in [1.165, 1.54) is 7.11 Å². The summed E-state index contributed by atoms with van der Waals surface area (Å²) >= 11 is 3.07. The third-order valence-corrected chi connectivity index (χ3v) is 1.98. The summed E-state index contributed by atoms with van der Waals surface area (Å²) in [4.78, 5) is 21.6. The maximum atomic E-state index is 11.2. The fourth-order valence-corrected chi connectivity index (χ4v) is 1.05. The highest BCUT2D eigenvalue weighted by Gasteiger charge is 2.19. The lowest BCUT2D eigenvalue weighted by molar-refractivity contribution is -0.139. The highest BCUT2D eigenvalue weighted by Crippen LogP contribution is 2.07. The highest BCUT2D eigenvalue weighted by molar-refractivity contribution is 9.10. The Morgan fingerprint density at radius 1 is 1.40 bits per heavy atom. The van der Waals surface area contributed by atoms with E-state index in [1.807, 2.05) is 0 Å². The van der Waals surface area contributed by atoms with Crippen LogP contribution in [-0.2, 0) is 14.3 Å². The number of amides is 1. The van der Waals surface area contributed by atoms with Gasteiger partial charge in [-0.15, -0.1) is 0 Å². The molecule has 0 bridgehead atoms. The highest BCUT2D eigenvalue weighted by atomic mass is 79.9. The Labute approximate surface area is 97.6 Å². The van der Waals surface area contributed by atoms with E-state index in [1.54, 1.807) is 20.8 Å². The van der Waals surface area contributed by atoms with Gasteiger partial charge in [-0.05, 0) is 20.8 Å². The first kappa shape index (κ1) is 14.2. The molecular weight excluding hydrogens is 266 g/mol. The average Bonchev–Trinajstić information content (AvgIpc) is 2.10. The second-order valence-electron chi connectivity index (χ2n) is 3.87. The summed E-state index contributed by atoms with van der Waals surface area (Å²) in [6.07, 6.45) is -0.559. The first-order valence-corrected chi connectivity index (χ1v) is 5.36. The maximum absolute atomic E-state index is 11.2. The smallest absolute Gasteiger partial charge is 0.407 e. The van der Waals surface area contributed by atoms with E-state index >= 15 is 0 Å². The van der Waals surface area contributed by atoms with Crippen LogP contribution in [0.1, 0.15) is 20.8 Å². The molecule has 0 aromatic carbocycles. The van der Waals surface area contributed by atoms with Crippen LogP contribution in [0, 0.1) is 0 Å². The molecule has 88 valence electrons. The summed E-state index contributed by atoms with van der Waals surface area (Å²) in [7, 11) is 1.28. The van der Waals surface area contributed by atoms with Crippen molar-refractivity contribution in [1.82, 2.24) is 5.32 Å². The van der Waals surface area contributed by atoms with Crippen LogP contribution in [-0.4, -0.2) is 36.1 Å². The van der Waals surface area contributed by atoms with Gasteiger partial charge < -0.3 is 14.8 Å². The molecule has 15 heavy (non-hydrogen) atoms. The van der Waals surface area contributed by atoms with Crippen LogP contribution in [0.2, 0.25) is 0 Å². The molecule has 5 nitrogen and oxygen atoms in total. The molecule has 1 amide bonds. The largest absolute Gasteiger partial charge is 0.468 e. The second-order valence-corrected chi connectivity index (χ2v) is 4.98. The summed E-state index contributed by atoms with van der Waals surface area (Å²) in [6, 6.07) is 0. The Kier molecular flexibility index (Phi) is 5.64. The van der Waals surface area contributed by atoms with Crippen molar-refractivity contribution in [3.63, 3.8) is 0 Å². The Bertz CT molecular complexity index is 237. The van der Waals surface area contributed by atoms with Gasteiger partial charge in [0.1, 0.15) is 10.4 Å². The monoisotopic (exact) mass is 281 g/mol. The SMILES string of the molecule is COC(=O)[C@@H](Br)CNC(=O)OC(C)(C)C. The Hall–Kier alpha value is -0.780. The Balaban J connectivity index is 3.86. The normalized spacial score (nSPS) is 12.9. The summed E-state index contributed by atoms with van der Waals surface area (Å²) in [5.41, 5.74) is -0.544. The van der Waals surface area contributed by atoms with Crippen molar-refractivity contribution in [2.45, 2.75) is 31.2 Å². The summed E-state index contributed by atoms with van der Waals surface area (Å²) in [6.45, 7) is 5.41. The van der Waals surface area contributed by atoms with Gasteiger partial charge in [0.05, 0.1) is 7.11 Å². The van der Waals surface area contributed by atoms with E-state index in [4.69, 9.17) is 4.74 Å². The Morgan fingerprint density at radius 3 is 2.33 bits per heavy atom. The van der Waals surface area contributed by atoms with E-state index in [2.05, 4.69) is 26.0 Å². The lowest BCUT2D eigenvalue weighted by Gasteiger charge is -2.20. The predicted molar refractivity (Wildman–Crippen MR) is 59.0 cm³/mol. The number of alkyl halides is 1. The van der Waals surface area contributed by atoms with Crippen molar-refractivity contribution in [3.05, 3.63) is 0 Å². The molecule has 0 saturated heterocycles. The van der Waals surface area contributed by atoms with Crippen molar-refractivity contribution in [2.24, 2.45) is 0 Å². The predicted octanol–water partition coefficient (Wildman–Crippen LogP) is 1.45. The van der Waals surface area contributed by atoms with E-state index in [0.717, 1.165) is 0 Å². The van der Waals surface area contributed by atoms with Crippen molar-refractivity contribution in [3.8, 4) is 0 Å². The molecular formula is C9H16BrNO4. The minimum absolute atomic E-state index is 0.127. The maximum Gasteiger partial charge on any atom is 0.407 e. The van der Waals surface area contributed by atoms with Crippen LogP contribution in [0.3, 0.4) is 0 Å². The number of hydrogen-bond donors (Lipinski definition) is 1. The molecule has 0 spiro atoms. The van der Waals surface area contributed by atoms with Gasteiger partial charge in [-0.3, -0.25) is 4.79 Å². The van der Waals surface area contributed by atoms with Gasteiger partial charge in [-0.1, -0.05) is 15.9 Å². The van der Waals surface area contributed by atoms with Gasteiger partial charge in [0, 0.05) is 6.54 Å². The number of ether oxygens (including phenoxy) is 2. The number of rotatable bonds is 3. The van der Waals surface area contributed by atoms with Crippen LogP contribution in [0.4, 0.5) is 4.79 Å². The van der Waals surface area contributed by atoms with Gasteiger partial charge in [-0.25, -0.2) is 4.79 Å². The quantitative estimate of drug-likeness (QED) is 0.628. The summed E-state index contributed by atoms with van der Waals surface area (Å²) in [5, 5.41) is 2.45. The first-order chi connectivity index (χ1) is 6.76. The van der Waals surface area contributed by atoms with Crippen molar-refractivity contribution in [2.75, 3.05) is 13.7 Å². The van der Waals surface area contributed by atoms with Crippen LogP contribution in [0.25, 0.3) is 0 Å². The zero-order valence-electron chi connectivity index (χ0n) is 9.30. The molecule has 0 rings (SSSR count). The van der Waals surface area contributed by atoms with E-state index in [-0.39, 0.29) is 6.54 Å². The molecule has 1 atom stereocenters. The van der Waals surface area contributed by atoms with Crippen molar-refractivity contribution in [1.29, 1.82) is 0 Å². The fraction of sp³-hybridized carbons (Fsp3) is 0.778. The Morgan fingerprint density at radius 2 is 1.93 bits per heavy atom. The fourth-order valence-electron chi connectivity index (χ4n) is 0.698. The minimum atomic E-state index is -0.560. The molecule has 0 unspecified atom stereocenters. The number of halogens is 1. The standard InChI is InChI=1S/C9H16BrNO4/c1-9(2,3)15-8(13)11-5-6(10)7(12)14-4/h6H,5H2,1-4H3,(H,11,13)/t6-/m0/s1. The molecule has 0 radical (unpaired) electrons. The van der Waals surface area contributed by atoms with Crippen LogP contribution >= 0.6 is 15.9 Å². The zero-order chi connectivity index (χ0) is 12.1. The van der Waals surface area contributed by atoms with Crippen LogP contribution < -0.4 is 5.32 Å². The van der Waals surface area contributed by atoms with Gasteiger partial charge >= 0.3 is 12.1 Å². The topological polar surface area (TPSA) is 64.6 Å². The molecule has 1 N–H and O–H groups in total. The molecule has 0 aliphatic carbocycles. The summed E-state index contributed by atoms with van der Waals surface area (Å²) < 4.78 is 9.45. The molecule has 0 aromatic rings. The molecule has 0 aliphatic rings. The number of esters is 1.